The molecule has 0 saturated carbocycles. The highest BCUT2D eigenvalue weighted by atomic mass is 32.2. The molecule has 1 aliphatic heterocycles. The standard InChI is InChI=1S/C24H18FNO2S2/c1-16-6-2-5-9-21(16)26-23(27)22(30-24(26)29)14-17-10-12-19(13-11-17)28-15-18-7-3-4-8-20(18)25/h2-14H,15H2,1H3. The summed E-state index contributed by atoms with van der Waals surface area (Å²) in [7, 11) is 0. The van der Waals surface area contributed by atoms with Crippen molar-refractivity contribution in [3.05, 3.63) is 100 Å². The number of anilines is 1. The fraction of sp³-hybridized carbons (Fsp3) is 0.0833. The molecule has 30 heavy (non-hydrogen) atoms. The first-order valence-electron chi connectivity index (χ1n) is 9.33. The van der Waals surface area contributed by atoms with Gasteiger partial charge in [-0.3, -0.25) is 9.69 Å². The smallest absolute Gasteiger partial charge is 0.270 e. The molecule has 0 bridgehead atoms. The van der Waals surface area contributed by atoms with E-state index in [0.29, 0.717) is 20.5 Å². The third kappa shape index (κ3) is 4.30. The molecule has 0 radical (unpaired) electrons. The molecule has 0 N–H and O–H groups in total. The molecule has 3 nitrogen and oxygen atoms in total. The van der Waals surface area contributed by atoms with Crippen molar-refractivity contribution in [2.24, 2.45) is 0 Å². The lowest BCUT2D eigenvalue weighted by molar-refractivity contribution is -0.113. The Bertz CT molecular complexity index is 1140. The zero-order valence-corrected chi connectivity index (χ0v) is 17.8. The molecule has 1 saturated heterocycles. The van der Waals surface area contributed by atoms with Gasteiger partial charge in [0.2, 0.25) is 0 Å². The zero-order valence-electron chi connectivity index (χ0n) is 16.2. The van der Waals surface area contributed by atoms with Crippen LogP contribution in [-0.2, 0) is 11.4 Å². The van der Waals surface area contributed by atoms with Crippen molar-refractivity contribution in [1.29, 1.82) is 0 Å². The average Bonchev–Trinajstić information content (AvgIpc) is 3.02. The fourth-order valence-corrected chi connectivity index (χ4v) is 4.36. The molecule has 0 unspecified atom stereocenters. The van der Waals surface area contributed by atoms with Crippen LogP contribution in [0.15, 0.2) is 77.7 Å². The van der Waals surface area contributed by atoms with E-state index in [-0.39, 0.29) is 18.3 Å². The summed E-state index contributed by atoms with van der Waals surface area (Å²) in [4.78, 5) is 15.1. The Kier molecular flexibility index (Phi) is 5.97. The molecule has 3 aromatic rings. The highest BCUT2D eigenvalue weighted by Gasteiger charge is 2.33. The minimum atomic E-state index is -0.287. The maximum atomic E-state index is 13.7. The van der Waals surface area contributed by atoms with Crippen molar-refractivity contribution >= 4 is 46.0 Å². The molecule has 0 aromatic heterocycles. The Hall–Kier alpha value is -2.96. The normalized spacial score (nSPS) is 15.1. The van der Waals surface area contributed by atoms with E-state index in [9.17, 15) is 9.18 Å². The van der Waals surface area contributed by atoms with Gasteiger partial charge in [0.1, 0.15) is 18.2 Å². The fourth-order valence-electron chi connectivity index (χ4n) is 3.08. The van der Waals surface area contributed by atoms with Gasteiger partial charge in [0.15, 0.2) is 4.32 Å². The number of hydrogen-bond donors (Lipinski definition) is 0. The second-order valence-electron chi connectivity index (χ2n) is 6.75. The molecule has 0 spiro atoms. The minimum absolute atomic E-state index is 0.126. The van der Waals surface area contributed by atoms with Crippen LogP contribution >= 0.6 is 24.0 Å². The number of ether oxygens (including phenoxy) is 1. The van der Waals surface area contributed by atoms with E-state index in [4.69, 9.17) is 17.0 Å². The van der Waals surface area contributed by atoms with Gasteiger partial charge in [0.05, 0.1) is 10.6 Å². The first-order chi connectivity index (χ1) is 14.5. The van der Waals surface area contributed by atoms with Gasteiger partial charge in [-0.15, -0.1) is 0 Å². The first-order valence-corrected chi connectivity index (χ1v) is 10.6. The second-order valence-corrected chi connectivity index (χ2v) is 8.43. The van der Waals surface area contributed by atoms with Crippen LogP contribution in [0.5, 0.6) is 5.75 Å². The number of para-hydroxylation sites is 1. The topological polar surface area (TPSA) is 29.5 Å². The number of thiocarbonyl (C=S) groups is 1. The van der Waals surface area contributed by atoms with Crippen molar-refractivity contribution in [2.45, 2.75) is 13.5 Å². The van der Waals surface area contributed by atoms with Crippen LogP contribution in [0.25, 0.3) is 6.08 Å². The third-order valence-electron chi connectivity index (χ3n) is 4.68. The molecule has 3 aromatic carbocycles. The molecule has 0 atom stereocenters. The van der Waals surface area contributed by atoms with Crippen LogP contribution in [0.4, 0.5) is 10.1 Å². The predicted octanol–water partition coefficient (Wildman–Crippen LogP) is 6.12. The monoisotopic (exact) mass is 435 g/mol. The van der Waals surface area contributed by atoms with Crippen molar-refractivity contribution in [1.82, 2.24) is 0 Å². The van der Waals surface area contributed by atoms with Crippen molar-refractivity contribution in [2.75, 3.05) is 4.90 Å². The molecule has 1 amide bonds. The molecule has 1 aliphatic rings. The van der Waals surface area contributed by atoms with Gasteiger partial charge in [-0.1, -0.05) is 72.5 Å². The van der Waals surface area contributed by atoms with E-state index >= 15 is 0 Å². The molecule has 1 heterocycles. The van der Waals surface area contributed by atoms with Gasteiger partial charge < -0.3 is 4.74 Å². The summed E-state index contributed by atoms with van der Waals surface area (Å²) in [5, 5.41) is 0. The number of halogens is 1. The largest absolute Gasteiger partial charge is 0.489 e. The molecule has 6 heteroatoms. The number of hydrogen-bond acceptors (Lipinski definition) is 4. The number of carbonyl (C=O) groups is 1. The predicted molar refractivity (Wildman–Crippen MR) is 124 cm³/mol. The lowest BCUT2D eigenvalue weighted by Crippen LogP contribution is -2.28. The SMILES string of the molecule is Cc1ccccc1N1C(=O)C(=Cc2ccc(OCc3ccccc3F)cc2)SC1=S. The van der Waals surface area contributed by atoms with Gasteiger partial charge >= 0.3 is 0 Å². The van der Waals surface area contributed by atoms with Crippen LogP contribution in [0.3, 0.4) is 0 Å². The molecule has 4 rings (SSSR count). The van der Waals surface area contributed by atoms with Crippen molar-refractivity contribution in [3.63, 3.8) is 0 Å². The van der Waals surface area contributed by atoms with E-state index in [1.807, 2.05) is 49.4 Å². The highest BCUT2D eigenvalue weighted by Crippen LogP contribution is 2.37. The molecular formula is C24H18FNO2S2. The molecule has 1 fully saturated rings. The number of amides is 1. The molecular weight excluding hydrogens is 417 g/mol. The number of nitrogens with zero attached hydrogens (tertiary/aromatic N) is 1. The lowest BCUT2D eigenvalue weighted by Gasteiger charge is -2.16. The van der Waals surface area contributed by atoms with Crippen LogP contribution in [0.1, 0.15) is 16.7 Å². The lowest BCUT2D eigenvalue weighted by atomic mass is 10.1. The van der Waals surface area contributed by atoms with Gasteiger partial charge in [0.25, 0.3) is 5.91 Å². The molecule has 150 valence electrons. The number of benzene rings is 3. The summed E-state index contributed by atoms with van der Waals surface area (Å²) in [6.45, 7) is 2.11. The maximum absolute atomic E-state index is 13.7. The first kappa shape index (κ1) is 20.3. The van der Waals surface area contributed by atoms with Gasteiger partial charge in [-0.2, -0.15) is 0 Å². The number of aryl methyl sites for hydroxylation is 1. The minimum Gasteiger partial charge on any atom is -0.489 e. The van der Waals surface area contributed by atoms with Crippen LogP contribution in [0.2, 0.25) is 0 Å². The zero-order chi connectivity index (χ0) is 21.1. The van der Waals surface area contributed by atoms with Crippen LogP contribution in [-0.4, -0.2) is 10.2 Å². The molecule has 0 aliphatic carbocycles. The summed E-state index contributed by atoms with van der Waals surface area (Å²) in [5.74, 6) is 0.215. The Labute approximate surface area is 184 Å². The Morgan fingerprint density at radius 2 is 1.73 bits per heavy atom. The number of thioether (sulfide) groups is 1. The van der Waals surface area contributed by atoms with E-state index in [0.717, 1.165) is 16.8 Å². The van der Waals surface area contributed by atoms with Gasteiger partial charge in [-0.25, -0.2) is 4.39 Å². The van der Waals surface area contributed by atoms with Crippen LogP contribution in [0, 0.1) is 12.7 Å². The summed E-state index contributed by atoms with van der Waals surface area (Å²) in [5.41, 5.74) is 3.16. The summed E-state index contributed by atoms with van der Waals surface area (Å²) >= 11 is 6.73. The Morgan fingerprint density at radius 3 is 2.47 bits per heavy atom. The van der Waals surface area contributed by atoms with Crippen molar-refractivity contribution in [3.8, 4) is 5.75 Å². The van der Waals surface area contributed by atoms with E-state index in [1.165, 1.54) is 17.8 Å². The average molecular weight is 436 g/mol. The van der Waals surface area contributed by atoms with Gasteiger partial charge in [0, 0.05) is 5.56 Å². The van der Waals surface area contributed by atoms with Crippen molar-refractivity contribution < 1.29 is 13.9 Å². The van der Waals surface area contributed by atoms with Gasteiger partial charge in [-0.05, 0) is 48.4 Å². The quantitative estimate of drug-likeness (QED) is 0.357. The summed E-state index contributed by atoms with van der Waals surface area (Å²) in [6, 6.07) is 21.5. The summed E-state index contributed by atoms with van der Waals surface area (Å²) in [6.07, 6.45) is 1.82. The highest BCUT2D eigenvalue weighted by molar-refractivity contribution is 8.27. The van der Waals surface area contributed by atoms with Crippen LogP contribution < -0.4 is 9.64 Å². The number of carbonyl (C=O) groups excluding carboxylic acids is 1. The maximum Gasteiger partial charge on any atom is 0.270 e. The number of rotatable bonds is 5. The Morgan fingerprint density at radius 1 is 1.03 bits per heavy atom. The Balaban J connectivity index is 1.47. The second kappa shape index (κ2) is 8.81. The van der Waals surface area contributed by atoms with E-state index in [1.54, 1.807) is 35.2 Å². The van der Waals surface area contributed by atoms with E-state index in [2.05, 4.69) is 0 Å². The third-order valence-corrected chi connectivity index (χ3v) is 5.98. The van der Waals surface area contributed by atoms with E-state index < -0.39 is 0 Å². The summed E-state index contributed by atoms with van der Waals surface area (Å²) < 4.78 is 19.9.